The van der Waals surface area contributed by atoms with E-state index in [1.54, 1.807) is 6.92 Å². The molecule has 0 radical (unpaired) electrons. The smallest absolute Gasteiger partial charge is 0.246 e. The van der Waals surface area contributed by atoms with Crippen LogP contribution in [-0.4, -0.2) is 4.98 Å². The minimum Gasteiger partial charge on any atom is -0.246 e. The van der Waals surface area contributed by atoms with Gasteiger partial charge in [-0.2, -0.15) is 0 Å². The molecule has 0 N–H and O–H groups in total. The van der Waals surface area contributed by atoms with E-state index in [4.69, 9.17) is 0 Å². The zero-order valence-electron chi connectivity index (χ0n) is 6.11. The number of alkyl halides is 2. The van der Waals surface area contributed by atoms with Crippen molar-refractivity contribution in [2.75, 3.05) is 0 Å². The Bertz CT molecular complexity index is 302. The molecule has 66 valence electrons. The van der Waals surface area contributed by atoms with E-state index in [1.165, 1.54) is 6.07 Å². The molecule has 1 aromatic rings. The Morgan fingerprint density at radius 3 is 2.50 bits per heavy atom. The van der Waals surface area contributed by atoms with E-state index >= 15 is 0 Å². The van der Waals surface area contributed by atoms with Crippen LogP contribution in [0, 0.1) is 14.2 Å². The minimum atomic E-state index is -2.41. The second kappa shape index (κ2) is 4.12. The van der Waals surface area contributed by atoms with Crippen LogP contribution < -0.4 is 0 Å². The average molecular weight is 395 g/mol. The molecule has 0 unspecified atom stereocenters. The molecule has 0 amide bonds. The molecule has 0 aliphatic rings. The summed E-state index contributed by atoms with van der Waals surface area (Å²) in [7, 11) is 0. The highest BCUT2D eigenvalue weighted by atomic mass is 127. The molecule has 1 heterocycles. The van der Waals surface area contributed by atoms with Crippen LogP contribution in [-0.2, 0) is 0 Å². The summed E-state index contributed by atoms with van der Waals surface area (Å²) in [4.78, 5) is 4.06. The van der Waals surface area contributed by atoms with E-state index in [0.717, 1.165) is 0 Å². The highest BCUT2D eigenvalue weighted by molar-refractivity contribution is 14.1. The summed E-state index contributed by atoms with van der Waals surface area (Å²) in [6, 6.07) is 1.43. The fourth-order valence-electron chi connectivity index (χ4n) is 0.802. The van der Waals surface area contributed by atoms with Gasteiger partial charge in [-0.15, -0.1) is 0 Å². The molecule has 0 fully saturated rings. The first-order valence-electron chi connectivity index (χ1n) is 3.13. The Labute approximate surface area is 96.2 Å². The molecule has 1 rings (SSSR count). The fourth-order valence-corrected chi connectivity index (χ4v) is 2.01. The van der Waals surface area contributed by atoms with Gasteiger partial charge < -0.3 is 0 Å². The van der Waals surface area contributed by atoms with E-state index in [2.05, 4.69) is 4.98 Å². The molecule has 0 aliphatic carbocycles. The van der Waals surface area contributed by atoms with Crippen molar-refractivity contribution in [3.8, 4) is 0 Å². The van der Waals surface area contributed by atoms with Crippen LogP contribution >= 0.6 is 45.2 Å². The Morgan fingerprint density at radius 1 is 1.42 bits per heavy atom. The Morgan fingerprint density at radius 2 is 2.00 bits per heavy atom. The second-order valence-corrected chi connectivity index (χ2v) is 4.36. The highest BCUT2D eigenvalue weighted by Gasteiger charge is 2.14. The van der Waals surface area contributed by atoms with Gasteiger partial charge in [-0.05, 0) is 58.2 Å². The Hall–Kier alpha value is 0.470. The van der Waals surface area contributed by atoms with Gasteiger partial charge in [0, 0.05) is 11.3 Å². The lowest BCUT2D eigenvalue weighted by molar-refractivity contribution is 0.150. The van der Waals surface area contributed by atoms with E-state index in [-0.39, 0.29) is 5.56 Å². The van der Waals surface area contributed by atoms with Crippen molar-refractivity contribution >= 4 is 45.2 Å². The predicted octanol–water partition coefficient (Wildman–Crippen LogP) is 3.54. The number of hydrogen-bond donors (Lipinski definition) is 0. The largest absolute Gasteiger partial charge is 0.265 e. The lowest BCUT2D eigenvalue weighted by atomic mass is 10.2. The second-order valence-electron chi connectivity index (χ2n) is 2.26. The first-order chi connectivity index (χ1) is 5.52. The Kier molecular flexibility index (Phi) is 3.62. The standard InChI is InChI=1S/C7H5F2I2N/c1-3-2-4(6(8)9)5(10)7(11)12-3/h2,6H,1H3. The van der Waals surface area contributed by atoms with Crippen molar-refractivity contribution in [2.24, 2.45) is 0 Å². The molecule has 0 saturated heterocycles. The van der Waals surface area contributed by atoms with Gasteiger partial charge in [0.1, 0.15) is 3.70 Å². The van der Waals surface area contributed by atoms with E-state index < -0.39 is 6.43 Å². The highest BCUT2D eigenvalue weighted by Crippen LogP contribution is 2.27. The predicted molar refractivity (Wildman–Crippen MR) is 59.4 cm³/mol. The maximum atomic E-state index is 12.4. The van der Waals surface area contributed by atoms with E-state index in [0.29, 0.717) is 13.0 Å². The van der Waals surface area contributed by atoms with Crippen LogP contribution in [0.25, 0.3) is 0 Å². The average Bonchev–Trinajstić information content (AvgIpc) is 1.96. The summed E-state index contributed by atoms with van der Waals surface area (Å²) < 4.78 is 25.9. The molecule has 0 bridgehead atoms. The summed E-state index contributed by atoms with van der Waals surface area (Å²) in [5.74, 6) is 0. The van der Waals surface area contributed by atoms with Crippen molar-refractivity contribution < 1.29 is 8.78 Å². The molecule has 0 atom stereocenters. The SMILES string of the molecule is Cc1cc(C(F)F)c(I)c(I)n1. The van der Waals surface area contributed by atoms with Gasteiger partial charge in [0.05, 0.1) is 3.57 Å². The molecule has 0 aliphatic heterocycles. The topological polar surface area (TPSA) is 12.9 Å². The summed E-state index contributed by atoms with van der Waals surface area (Å²) >= 11 is 3.84. The maximum absolute atomic E-state index is 12.4. The Balaban J connectivity index is 3.28. The molecular formula is C7H5F2I2N. The van der Waals surface area contributed by atoms with Crippen LogP contribution in [0.3, 0.4) is 0 Å². The van der Waals surface area contributed by atoms with Gasteiger partial charge in [-0.3, -0.25) is 0 Å². The maximum Gasteiger partial charge on any atom is 0.265 e. The lowest BCUT2D eigenvalue weighted by Gasteiger charge is -2.05. The number of hydrogen-bond acceptors (Lipinski definition) is 1. The van der Waals surface area contributed by atoms with Gasteiger partial charge in [0.15, 0.2) is 0 Å². The zero-order chi connectivity index (χ0) is 9.30. The molecule has 0 saturated carbocycles. The van der Waals surface area contributed by atoms with Crippen LogP contribution in [0.2, 0.25) is 0 Å². The van der Waals surface area contributed by atoms with Gasteiger partial charge in [-0.1, -0.05) is 0 Å². The number of aryl methyl sites for hydroxylation is 1. The molecule has 0 aromatic carbocycles. The third kappa shape index (κ3) is 2.24. The van der Waals surface area contributed by atoms with E-state index in [9.17, 15) is 8.78 Å². The van der Waals surface area contributed by atoms with Gasteiger partial charge in [0.2, 0.25) is 0 Å². The molecule has 5 heteroatoms. The van der Waals surface area contributed by atoms with Crippen molar-refractivity contribution in [1.82, 2.24) is 4.98 Å². The van der Waals surface area contributed by atoms with E-state index in [1.807, 2.05) is 45.2 Å². The summed E-state index contributed by atoms with van der Waals surface area (Å²) in [5, 5.41) is 0. The number of aromatic nitrogens is 1. The first kappa shape index (κ1) is 10.6. The van der Waals surface area contributed by atoms with Crippen LogP contribution in [0.4, 0.5) is 8.78 Å². The number of pyridine rings is 1. The van der Waals surface area contributed by atoms with Crippen molar-refractivity contribution in [3.05, 3.63) is 24.6 Å². The number of nitrogens with zero attached hydrogens (tertiary/aromatic N) is 1. The van der Waals surface area contributed by atoms with Crippen molar-refractivity contribution in [2.45, 2.75) is 13.3 Å². The van der Waals surface area contributed by atoms with Crippen molar-refractivity contribution in [3.63, 3.8) is 0 Å². The number of halogens is 4. The normalized spacial score (nSPS) is 10.8. The minimum absolute atomic E-state index is 0.0764. The third-order valence-corrected chi connectivity index (χ3v) is 4.25. The molecule has 0 spiro atoms. The lowest BCUT2D eigenvalue weighted by Crippen LogP contribution is -1.97. The first-order valence-corrected chi connectivity index (χ1v) is 5.29. The molecular weight excluding hydrogens is 390 g/mol. The van der Waals surface area contributed by atoms with Gasteiger partial charge in [0.25, 0.3) is 6.43 Å². The number of rotatable bonds is 1. The quantitative estimate of drug-likeness (QED) is 0.524. The van der Waals surface area contributed by atoms with Crippen LogP contribution in [0.1, 0.15) is 17.7 Å². The summed E-state index contributed by atoms with van der Waals surface area (Å²) in [6.45, 7) is 1.71. The van der Waals surface area contributed by atoms with Gasteiger partial charge >= 0.3 is 0 Å². The van der Waals surface area contributed by atoms with Crippen LogP contribution in [0.5, 0.6) is 0 Å². The molecule has 1 nitrogen and oxygen atoms in total. The van der Waals surface area contributed by atoms with Crippen molar-refractivity contribution in [1.29, 1.82) is 0 Å². The third-order valence-electron chi connectivity index (χ3n) is 1.31. The fraction of sp³-hybridized carbons (Fsp3) is 0.286. The zero-order valence-corrected chi connectivity index (χ0v) is 10.4. The van der Waals surface area contributed by atoms with Crippen LogP contribution in [0.15, 0.2) is 6.07 Å². The van der Waals surface area contributed by atoms with Gasteiger partial charge in [-0.25, -0.2) is 13.8 Å². The summed E-state index contributed by atoms with van der Waals surface area (Å²) in [5.41, 5.74) is 0.711. The monoisotopic (exact) mass is 395 g/mol. The molecule has 1 aromatic heterocycles. The molecule has 12 heavy (non-hydrogen) atoms. The summed E-state index contributed by atoms with van der Waals surface area (Å²) in [6.07, 6.45) is -2.41.